The quantitative estimate of drug-likeness (QED) is 0.386. The molecular formula is C28H36N4O2. The Morgan fingerprint density at radius 2 is 1.09 bits per heavy atom. The second-order valence-electron chi connectivity index (χ2n) is 9.28. The summed E-state index contributed by atoms with van der Waals surface area (Å²) in [6, 6.07) is 16.7. The Labute approximate surface area is 204 Å². The standard InChI is InChI=1S/C28H36N4O2/c1-19-9-11-25(21(3)13-19)27(17-29,15-23(5)33-7)31-32-28(18-30,16-24(6)34-8)26-12-10-20(2)14-22(26)4/h9-14,23-24H,15-16H2,1-8H3. The first-order valence-corrected chi connectivity index (χ1v) is 11.5. The van der Waals surface area contributed by atoms with Crippen molar-refractivity contribution in [3.05, 3.63) is 69.8 Å². The maximum Gasteiger partial charge on any atom is 0.195 e. The number of rotatable bonds is 10. The number of hydrogen-bond donors (Lipinski definition) is 0. The second kappa shape index (κ2) is 11.4. The van der Waals surface area contributed by atoms with Crippen LogP contribution in [-0.4, -0.2) is 26.4 Å². The number of aryl methyl sites for hydroxylation is 4. The zero-order valence-electron chi connectivity index (χ0n) is 21.6. The molecule has 0 heterocycles. The van der Waals surface area contributed by atoms with E-state index in [-0.39, 0.29) is 12.2 Å². The van der Waals surface area contributed by atoms with Crippen LogP contribution in [0.2, 0.25) is 0 Å². The van der Waals surface area contributed by atoms with Crippen molar-refractivity contribution in [1.29, 1.82) is 10.5 Å². The van der Waals surface area contributed by atoms with Gasteiger partial charge in [-0.15, -0.1) is 0 Å². The highest BCUT2D eigenvalue weighted by atomic mass is 16.5. The molecule has 0 N–H and O–H groups in total. The van der Waals surface area contributed by atoms with Gasteiger partial charge < -0.3 is 9.47 Å². The van der Waals surface area contributed by atoms with Crippen molar-refractivity contribution < 1.29 is 9.47 Å². The zero-order chi connectivity index (χ0) is 25.5. The number of methoxy groups -OCH3 is 2. The number of azo groups is 1. The zero-order valence-corrected chi connectivity index (χ0v) is 21.6. The van der Waals surface area contributed by atoms with Crippen LogP contribution in [0.3, 0.4) is 0 Å². The Kier molecular flexibility index (Phi) is 9.10. The summed E-state index contributed by atoms with van der Waals surface area (Å²) >= 11 is 0. The van der Waals surface area contributed by atoms with E-state index in [2.05, 4.69) is 12.1 Å². The van der Waals surface area contributed by atoms with Gasteiger partial charge in [0.1, 0.15) is 0 Å². The summed E-state index contributed by atoms with van der Waals surface area (Å²) in [7, 11) is 3.23. The number of benzene rings is 2. The maximum atomic E-state index is 10.5. The smallest absolute Gasteiger partial charge is 0.195 e. The lowest BCUT2D eigenvalue weighted by Gasteiger charge is -2.30. The molecule has 0 saturated carbocycles. The van der Waals surface area contributed by atoms with Crippen molar-refractivity contribution >= 4 is 0 Å². The summed E-state index contributed by atoms with van der Waals surface area (Å²) in [6.07, 6.45) is 0.132. The van der Waals surface area contributed by atoms with Crippen molar-refractivity contribution in [2.75, 3.05) is 14.2 Å². The number of nitrogens with zero attached hydrogens (tertiary/aromatic N) is 4. The number of nitriles is 2. The highest BCUT2D eigenvalue weighted by Gasteiger charge is 2.41. The van der Waals surface area contributed by atoms with Gasteiger partial charge in [-0.1, -0.05) is 47.5 Å². The van der Waals surface area contributed by atoms with E-state index < -0.39 is 11.1 Å². The molecule has 0 fully saturated rings. The molecule has 6 nitrogen and oxygen atoms in total. The molecule has 0 spiro atoms. The Morgan fingerprint density at radius 3 is 1.35 bits per heavy atom. The van der Waals surface area contributed by atoms with Gasteiger partial charge in [0.2, 0.25) is 0 Å². The van der Waals surface area contributed by atoms with Crippen LogP contribution in [-0.2, 0) is 20.6 Å². The van der Waals surface area contributed by atoms with E-state index in [1.807, 2.05) is 77.9 Å². The van der Waals surface area contributed by atoms with E-state index >= 15 is 0 Å². The Hall–Kier alpha value is -3.06. The molecule has 4 unspecified atom stereocenters. The van der Waals surface area contributed by atoms with Crippen LogP contribution < -0.4 is 0 Å². The Balaban J connectivity index is 2.78. The van der Waals surface area contributed by atoms with E-state index in [0.29, 0.717) is 12.8 Å². The third-order valence-electron chi connectivity index (χ3n) is 6.39. The normalized spacial score (nSPS) is 16.8. The fraction of sp³-hybridized carbons (Fsp3) is 0.500. The summed E-state index contributed by atoms with van der Waals surface area (Å²) in [5.74, 6) is 0. The third kappa shape index (κ3) is 5.89. The van der Waals surface area contributed by atoms with Gasteiger partial charge in [-0.3, -0.25) is 0 Å². The van der Waals surface area contributed by atoms with Crippen LogP contribution in [0.5, 0.6) is 0 Å². The molecule has 4 atom stereocenters. The van der Waals surface area contributed by atoms with Gasteiger partial charge in [0, 0.05) is 27.1 Å². The largest absolute Gasteiger partial charge is 0.382 e. The fourth-order valence-electron chi connectivity index (χ4n) is 4.39. The molecule has 2 aromatic carbocycles. The van der Waals surface area contributed by atoms with E-state index in [9.17, 15) is 10.5 Å². The molecular weight excluding hydrogens is 424 g/mol. The average Bonchev–Trinajstić information content (AvgIpc) is 2.81. The lowest BCUT2D eigenvalue weighted by atomic mass is 9.82. The van der Waals surface area contributed by atoms with Crippen LogP contribution in [0.1, 0.15) is 60.1 Å². The predicted molar refractivity (Wildman–Crippen MR) is 133 cm³/mol. The minimum atomic E-state index is -1.30. The monoisotopic (exact) mass is 460 g/mol. The summed E-state index contributed by atoms with van der Waals surface area (Å²) in [5.41, 5.74) is 3.02. The molecule has 0 amide bonds. The average molecular weight is 461 g/mol. The van der Waals surface area contributed by atoms with E-state index in [1.54, 1.807) is 14.2 Å². The van der Waals surface area contributed by atoms with Crippen LogP contribution >= 0.6 is 0 Å². The van der Waals surface area contributed by atoms with E-state index in [1.165, 1.54) is 0 Å². The van der Waals surface area contributed by atoms with Crippen molar-refractivity contribution in [1.82, 2.24) is 0 Å². The molecule has 0 aromatic heterocycles. The van der Waals surface area contributed by atoms with Gasteiger partial charge in [-0.05, 0) is 63.8 Å². The Morgan fingerprint density at radius 1 is 0.735 bits per heavy atom. The molecule has 6 heteroatoms. The van der Waals surface area contributed by atoms with Gasteiger partial charge in [0.15, 0.2) is 11.1 Å². The summed E-state index contributed by atoms with van der Waals surface area (Å²) in [6.45, 7) is 11.8. The van der Waals surface area contributed by atoms with Crippen molar-refractivity contribution in [2.45, 2.75) is 77.7 Å². The third-order valence-corrected chi connectivity index (χ3v) is 6.39. The SMILES string of the molecule is COC(C)CC(C#N)(N=NC(C#N)(CC(C)OC)c1ccc(C)cc1C)c1ccc(C)cc1C. The summed E-state index contributed by atoms with van der Waals surface area (Å²) in [5, 5.41) is 30.3. The fourth-order valence-corrected chi connectivity index (χ4v) is 4.39. The van der Waals surface area contributed by atoms with Crippen LogP contribution in [0, 0.1) is 50.4 Å². The molecule has 2 rings (SSSR count). The summed E-state index contributed by atoms with van der Waals surface area (Å²) < 4.78 is 11.0. The lowest BCUT2D eigenvalue weighted by molar-refractivity contribution is 0.0895. The topological polar surface area (TPSA) is 90.8 Å². The maximum absolute atomic E-state index is 10.5. The summed E-state index contributed by atoms with van der Waals surface area (Å²) in [4.78, 5) is 0. The van der Waals surface area contributed by atoms with Crippen molar-refractivity contribution in [2.24, 2.45) is 10.2 Å². The van der Waals surface area contributed by atoms with Gasteiger partial charge in [0.05, 0.1) is 24.3 Å². The highest BCUT2D eigenvalue weighted by molar-refractivity contribution is 5.42. The van der Waals surface area contributed by atoms with E-state index in [0.717, 1.165) is 33.4 Å². The van der Waals surface area contributed by atoms with Gasteiger partial charge >= 0.3 is 0 Å². The van der Waals surface area contributed by atoms with Crippen molar-refractivity contribution in [3.63, 3.8) is 0 Å². The first-order valence-electron chi connectivity index (χ1n) is 11.5. The minimum absolute atomic E-state index is 0.241. The molecule has 180 valence electrons. The Bertz CT molecular complexity index is 1030. The minimum Gasteiger partial charge on any atom is -0.382 e. The predicted octanol–water partition coefficient (Wildman–Crippen LogP) is 6.36. The molecule has 0 radical (unpaired) electrons. The molecule has 0 saturated heterocycles. The molecule has 34 heavy (non-hydrogen) atoms. The highest BCUT2D eigenvalue weighted by Crippen LogP contribution is 2.39. The molecule has 0 aliphatic rings. The van der Waals surface area contributed by atoms with Gasteiger partial charge in [-0.2, -0.15) is 20.8 Å². The first-order chi connectivity index (χ1) is 16.1. The van der Waals surface area contributed by atoms with E-state index in [4.69, 9.17) is 19.7 Å². The molecule has 0 bridgehead atoms. The lowest BCUT2D eigenvalue weighted by Crippen LogP contribution is -2.32. The number of hydrogen-bond acceptors (Lipinski definition) is 6. The number of ether oxygens (including phenoxy) is 2. The molecule has 0 aliphatic carbocycles. The van der Waals surface area contributed by atoms with Crippen molar-refractivity contribution in [3.8, 4) is 12.1 Å². The second-order valence-corrected chi connectivity index (χ2v) is 9.28. The van der Waals surface area contributed by atoms with Crippen LogP contribution in [0.4, 0.5) is 0 Å². The molecule has 0 aliphatic heterocycles. The van der Waals surface area contributed by atoms with Gasteiger partial charge in [0.25, 0.3) is 0 Å². The van der Waals surface area contributed by atoms with Crippen LogP contribution in [0.15, 0.2) is 46.6 Å². The molecule has 2 aromatic rings. The van der Waals surface area contributed by atoms with Gasteiger partial charge in [-0.25, -0.2) is 0 Å². The van der Waals surface area contributed by atoms with Crippen LogP contribution in [0.25, 0.3) is 0 Å². The first kappa shape index (κ1) is 27.2.